The molecule has 1 rings (SSSR count). The molecule has 72 valence electrons. The van der Waals surface area contributed by atoms with Crippen LogP contribution in [0.4, 0.5) is 0 Å². The molecule has 1 aromatic rings. The molecule has 1 atom stereocenters. The zero-order valence-corrected chi connectivity index (χ0v) is 8.91. The summed E-state index contributed by atoms with van der Waals surface area (Å²) in [6, 6.07) is 4.77. The summed E-state index contributed by atoms with van der Waals surface area (Å²) in [4.78, 5) is 6.58. The van der Waals surface area contributed by atoms with Gasteiger partial charge < -0.3 is 4.90 Å². The molecule has 0 aliphatic rings. The molecule has 2 nitrogen and oxygen atoms in total. The number of aryl methyl sites for hydroxylation is 1. The molecule has 1 unspecified atom stereocenters. The number of hydrogen-bond donors (Lipinski definition) is 0. The highest BCUT2D eigenvalue weighted by atomic mass is 15.1. The largest absolute Gasteiger partial charge is 0.306 e. The molecular weight excluding hydrogens is 160 g/mol. The van der Waals surface area contributed by atoms with Crippen LogP contribution in [0.1, 0.15) is 18.2 Å². The van der Waals surface area contributed by atoms with Crippen LogP contribution in [0.25, 0.3) is 0 Å². The average Bonchev–Trinajstić information content (AvgIpc) is 2.08. The molecule has 0 fully saturated rings. The average molecular weight is 178 g/mol. The Morgan fingerprint density at radius 2 is 2.08 bits per heavy atom. The monoisotopic (exact) mass is 178 g/mol. The second-order valence-electron chi connectivity index (χ2n) is 3.84. The van der Waals surface area contributed by atoms with E-state index >= 15 is 0 Å². The number of nitrogens with zero attached hydrogens (tertiary/aromatic N) is 2. The van der Waals surface area contributed by atoms with E-state index in [0.29, 0.717) is 6.04 Å². The van der Waals surface area contributed by atoms with Crippen LogP contribution < -0.4 is 0 Å². The molecular formula is C11H18N2. The summed E-state index contributed by atoms with van der Waals surface area (Å²) in [5, 5.41) is 0. The van der Waals surface area contributed by atoms with Crippen molar-refractivity contribution in [2.75, 3.05) is 14.1 Å². The van der Waals surface area contributed by atoms with Gasteiger partial charge in [-0.05, 0) is 39.6 Å². The topological polar surface area (TPSA) is 16.1 Å². The van der Waals surface area contributed by atoms with Crippen LogP contribution in [0.3, 0.4) is 0 Å². The first kappa shape index (κ1) is 10.2. The van der Waals surface area contributed by atoms with Gasteiger partial charge in [0.1, 0.15) is 0 Å². The second-order valence-corrected chi connectivity index (χ2v) is 3.84. The van der Waals surface area contributed by atoms with Gasteiger partial charge in [-0.15, -0.1) is 0 Å². The summed E-state index contributed by atoms with van der Waals surface area (Å²) >= 11 is 0. The Morgan fingerprint density at radius 3 is 2.54 bits per heavy atom. The lowest BCUT2D eigenvalue weighted by Gasteiger charge is -2.18. The minimum absolute atomic E-state index is 0.551. The molecule has 0 bridgehead atoms. The number of pyridine rings is 1. The van der Waals surface area contributed by atoms with E-state index in [1.165, 1.54) is 11.3 Å². The SMILES string of the molecule is Cc1ccc(CC(C)N(C)C)nc1. The van der Waals surface area contributed by atoms with Crippen molar-refractivity contribution in [1.29, 1.82) is 0 Å². The van der Waals surface area contributed by atoms with Crippen LogP contribution in [0.5, 0.6) is 0 Å². The molecule has 0 aliphatic heterocycles. The van der Waals surface area contributed by atoms with Gasteiger partial charge in [0.05, 0.1) is 0 Å². The van der Waals surface area contributed by atoms with Crippen molar-refractivity contribution < 1.29 is 0 Å². The quantitative estimate of drug-likeness (QED) is 0.702. The zero-order valence-electron chi connectivity index (χ0n) is 8.91. The van der Waals surface area contributed by atoms with Crippen molar-refractivity contribution in [3.05, 3.63) is 29.6 Å². The third kappa shape index (κ3) is 3.15. The van der Waals surface area contributed by atoms with E-state index in [-0.39, 0.29) is 0 Å². The van der Waals surface area contributed by atoms with Crippen LogP contribution in [0, 0.1) is 6.92 Å². The summed E-state index contributed by atoms with van der Waals surface area (Å²) in [6.07, 6.45) is 2.95. The van der Waals surface area contributed by atoms with Crippen LogP contribution in [-0.4, -0.2) is 30.0 Å². The van der Waals surface area contributed by atoms with Gasteiger partial charge >= 0.3 is 0 Å². The predicted octanol–water partition coefficient (Wildman–Crippen LogP) is 1.88. The first-order valence-corrected chi connectivity index (χ1v) is 4.67. The third-order valence-electron chi connectivity index (χ3n) is 2.36. The maximum Gasteiger partial charge on any atom is 0.0419 e. The molecule has 1 heterocycles. The van der Waals surface area contributed by atoms with E-state index < -0.39 is 0 Å². The standard InChI is InChI=1S/C11H18N2/c1-9-5-6-11(12-8-9)7-10(2)13(3)4/h5-6,8,10H,7H2,1-4H3. The van der Waals surface area contributed by atoms with Gasteiger partial charge in [0.15, 0.2) is 0 Å². The summed E-state index contributed by atoms with van der Waals surface area (Å²) in [7, 11) is 4.19. The van der Waals surface area contributed by atoms with Gasteiger partial charge in [-0.1, -0.05) is 6.07 Å². The fraction of sp³-hybridized carbons (Fsp3) is 0.545. The third-order valence-corrected chi connectivity index (χ3v) is 2.36. The normalized spacial score (nSPS) is 13.3. The van der Waals surface area contributed by atoms with E-state index in [4.69, 9.17) is 0 Å². The highest BCUT2D eigenvalue weighted by Gasteiger charge is 2.05. The fourth-order valence-corrected chi connectivity index (χ4v) is 1.10. The fourth-order valence-electron chi connectivity index (χ4n) is 1.10. The first-order valence-electron chi connectivity index (χ1n) is 4.67. The molecule has 1 aromatic heterocycles. The molecule has 0 aromatic carbocycles. The molecule has 0 spiro atoms. The summed E-state index contributed by atoms with van der Waals surface area (Å²) in [5.74, 6) is 0. The van der Waals surface area contributed by atoms with Crippen molar-refractivity contribution in [3.63, 3.8) is 0 Å². The Balaban J connectivity index is 2.59. The molecule has 13 heavy (non-hydrogen) atoms. The predicted molar refractivity (Wildman–Crippen MR) is 55.8 cm³/mol. The minimum atomic E-state index is 0.551. The Morgan fingerprint density at radius 1 is 1.38 bits per heavy atom. The molecule has 0 radical (unpaired) electrons. The van der Waals surface area contributed by atoms with Crippen LogP contribution in [0.15, 0.2) is 18.3 Å². The van der Waals surface area contributed by atoms with E-state index in [0.717, 1.165) is 6.42 Å². The van der Waals surface area contributed by atoms with Crippen molar-refractivity contribution in [1.82, 2.24) is 9.88 Å². The molecule has 0 saturated heterocycles. The number of rotatable bonds is 3. The van der Waals surface area contributed by atoms with Crippen molar-refractivity contribution in [2.24, 2.45) is 0 Å². The lowest BCUT2D eigenvalue weighted by atomic mass is 10.1. The molecule has 0 aliphatic carbocycles. The highest BCUT2D eigenvalue weighted by molar-refractivity contribution is 5.12. The minimum Gasteiger partial charge on any atom is -0.306 e. The Kier molecular flexibility index (Phi) is 3.43. The Bertz CT molecular complexity index is 251. The second kappa shape index (κ2) is 4.38. The Hall–Kier alpha value is -0.890. The first-order chi connectivity index (χ1) is 6.09. The molecule has 0 saturated carbocycles. The van der Waals surface area contributed by atoms with E-state index in [2.05, 4.69) is 50.0 Å². The number of likely N-dealkylation sites (N-methyl/N-ethyl adjacent to an activating group) is 1. The smallest absolute Gasteiger partial charge is 0.0419 e. The highest BCUT2D eigenvalue weighted by Crippen LogP contribution is 2.04. The summed E-state index contributed by atoms with van der Waals surface area (Å²) in [5.41, 5.74) is 2.40. The van der Waals surface area contributed by atoms with E-state index in [9.17, 15) is 0 Å². The molecule has 0 N–H and O–H groups in total. The Labute approximate surface area is 80.6 Å². The zero-order chi connectivity index (χ0) is 9.84. The number of hydrogen-bond acceptors (Lipinski definition) is 2. The summed E-state index contributed by atoms with van der Waals surface area (Å²) in [6.45, 7) is 4.27. The van der Waals surface area contributed by atoms with Gasteiger partial charge in [0.25, 0.3) is 0 Å². The maximum absolute atomic E-state index is 4.37. The van der Waals surface area contributed by atoms with Gasteiger partial charge in [-0.25, -0.2) is 0 Å². The summed E-state index contributed by atoms with van der Waals surface area (Å²) < 4.78 is 0. The van der Waals surface area contributed by atoms with Crippen molar-refractivity contribution in [2.45, 2.75) is 26.3 Å². The van der Waals surface area contributed by atoms with Crippen molar-refractivity contribution in [3.8, 4) is 0 Å². The van der Waals surface area contributed by atoms with Gasteiger partial charge in [0, 0.05) is 24.4 Å². The molecule has 2 heteroatoms. The van der Waals surface area contributed by atoms with Crippen LogP contribution >= 0.6 is 0 Å². The maximum atomic E-state index is 4.37. The lowest BCUT2D eigenvalue weighted by molar-refractivity contribution is 0.310. The van der Waals surface area contributed by atoms with Gasteiger partial charge in [0.2, 0.25) is 0 Å². The van der Waals surface area contributed by atoms with Gasteiger partial charge in [-0.2, -0.15) is 0 Å². The van der Waals surface area contributed by atoms with E-state index in [1.54, 1.807) is 0 Å². The van der Waals surface area contributed by atoms with Crippen LogP contribution in [0.2, 0.25) is 0 Å². The van der Waals surface area contributed by atoms with Gasteiger partial charge in [-0.3, -0.25) is 4.98 Å². The lowest BCUT2D eigenvalue weighted by Crippen LogP contribution is -2.26. The van der Waals surface area contributed by atoms with Crippen LogP contribution in [-0.2, 0) is 6.42 Å². The molecule has 0 amide bonds. The number of aromatic nitrogens is 1. The van der Waals surface area contributed by atoms with E-state index in [1.807, 2.05) is 6.20 Å². The van der Waals surface area contributed by atoms with Crippen molar-refractivity contribution >= 4 is 0 Å².